The van der Waals surface area contributed by atoms with Gasteiger partial charge in [0.05, 0.1) is 0 Å². The van der Waals surface area contributed by atoms with E-state index in [9.17, 15) is 8.78 Å². The predicted octanol–water partition coefficient (Wildman–Crippen LogP) is 4.13. The molecule has 1 aromatic rings. The molecular weight excluding hydrogens is 248 g/mol. The Hall–Kier alpha value is -1.16. The highest BCUT2D eigenvalue weighted by molar-refractivity contribution is 5.30. The second-order valence-corrected chi connectivity index (χ2v) is 5.21. The van der Waals surface area contributed by atoms with E-state index in [1.807, 2.05) is 13.0 Å². The number of benzene rings is 1. The van der Waals surface area contributed by atoms with Crippen LogP contribution >= 0.6 is 0 Å². The van der Waals surface area contributed by atoms with Crippen LogP contribution in [0.5, 0.6) is 5.75 Å². The average Bonchev–Trinajstić information content (AvgIpc) is 2.31. The predicted molar refractivity (Wildman–Crippen MR) is 71.4 cm³/mol. The van der Waals surface area contributed by atoms with Crippen molar-refractivity contribution in [1.82, 2.24) is 5.32 Å². The molecule has 1 aliphatic carbocycles. The first kappa shape index (κ1) is 14.3. The van der Waals surface area contributed by atoms with E-state index in [0.717, 1.165) is 18.0 Å². The molecule has 1 fully saturated rings. The lowest BCUT2D eigenvalue weighted by Crippen LogP contribution is -2.24. The Kier molecular flexibility index (Phi) is 5.14. The molecule has 0 heterocycles. The number of ether oxygens (including phenoxy) is 1. The molecule has 106 valence electrons. The SMILES string of the molecule is CC(NCCC1CCC1)c1cccc(OC(F)F)c1. The lowest BCUT2D eigenvalue weighted by molar-refractivity contribution is -0.0499. The minimum Gasteiger partial charge on any atom is -0.435 e. The third-order valence-corrected chi connectivity index (χ3v) is 3.81. The van der Waals surface area contributed by atoms with Gasteiger partial charge in [-0.3, -0.25) is 0 Å². The van der Waals surface area contributed by atoms with Crippen molar-refractivity contribution in [2.45, 2.75) is 45.3 Å². The Morgan fingerprint density at radius 2 is 2.16 bits per heavy atom. The van der Waals surface area contributed by atoms with E-state index in [2.05, 4.69) is 10.1 Å². The minimum absolute atomic E-state index is 0.154. The highest BCUT2D eigenvalue weighted by atomic mass is 19.3. The van der Waals surface area contributed by atoms with Crippen molar-refractivity contribution in [3.05, 3.63) is 29.8 Å². The second-order valence-electron chi connectivity index (χ2n) is 5.21. The summed E-state index contributed by atoms with van der Waals surface area (Å²) in [5.41, 5.74) is 0.978. The van der Waals surface area contributed by atoms with Crippen molar-refractivity contribution < 1.29 is 13.5 Å². The zero-order chi connectivity index (χ0) is 13.7. The van der Waals surface area contributed by atoms with Crippen LogP contribution in [-0.2, 0) is 0 Å². The van der Waals surface area contributed by atoms with E-state index in [-0.39, 0.29) is 11.8 Å². The summed E-state index contributed by atoms with van der Waals surface area (Å²) in [4.78, 5) is 0. The minimum atomic E-state index is -2.77. The van der Waals surface area contributed by atoms with Crippen LogP contribution in [0.2, 0.25) is 0 Å². The standard InChI is InChI=1S/C15H21F2NO/c1-11(18-9-8-12-4-2-5-12)13-6-3-7-14(10-13)19-15(16)17/h3,6-7,10-12,15,18H,2,4-5,8-9H2,1H3. The Morgan fingerprint density at radius 1 is 1.37 bits per heavy atom. The number of rotatable bonds is 7. The molecule has 1 N–H and O–H groups in total. The topological polar surface area (TPSA) is 21.3 Å². The summed E-state index contributed by atoms with van der Waals surface area (Å²) in [5, 5.41) is 3.44. The van der Waals surface area contributed by atoms with Crippen LogP contribution in [-0.4, -0.2) is 13.2 Å². The molecule has 19 heavy (non-hydrogen) atoms. The van der Waals surface area contributed by atoms with Crippen molar-refractivity contribution in [2.75, 3.05) is 6.54 Å². The van der Waals surface area contributed by atoms with E-state index < -0.39 is 6.61 Å². The molecule has 2 nitrogen and oxygen atoms in total. The lowest BCUT2D eigenvalue weighted by atomic mass is 9.83. The number of halogens is 2. The molecule has 0 spiro atoms. The fourth-order valence-electron chi connectivity index (χ4n) is 2.36. The second kappa shape index (κ2) is 6.85. The van der Waals surface area contributed by atoms with Gasteiger partial charge < -0.3 is 10.1 Å². The van der Waals surface area contributed by atoms with Gasteiger partial charge in [0.2, 0.25) is 0 Å². The highest BCUT2D eigenvalue weighted by Gasteiger charge is 2.17. The maximum atomic E-state index is 12.2. The Balaban J connectivity index is 1.81. The first-order valence-corrected chi connectivity index (χ1v) is 6.93. The van der Waals surface area contributed by atoms with Gasteiger partial charge in [0.25, 0.3) is 0 Å². The van der Waals surface area contributed by atoms with Gasteiger partial charge in [-0.1, -0.05) is 31.4 Å². The van der Waals surface area contributed by atoms with Gasteiger partial charge in [-0.15, -0.1) is 0 Å². The molecule has 4 heteroatoms. The molecule has 1 unspecified atom stereocenters. The summed E-state index contributed by atoms with van der Waals surface area (Å²) in [6.07, 6.45) is 5.28. The Morgan fingerprint density at radius 3 is 2.79 bits per heavy atom. The number of nitrogens with one attached hydrogen (secondary N) is 1. The molecule has 0 aromatic heterocycles. The fourth-order valence-corrected chi connectivity index (χ4v) is 2.36. The third-order valence-electron chi connectivity index (χ3n) is 3.81. The Bertz CT molecular complexity index is 393. The molecular formula is C15H21F2NO. The van der Waals surface area contributed by atoms with Crippen molar-refractivity contribution in [3.63, 3.8) is 0 Å². The van der Waals surface area contributed by atoms with E-state index in [4.69, 9.17) is 0 Å². The molecule has 0 amide bonds. The first-order valence-electron chi connectivity index (χ1n) is 6.93. The van der Waals surface area contributed by atoms with Crippen LogP contribution < -0.4 is 10.1 Å². The maximum absolute atomic E-state index is 12.2. The summed E-state index contributed by atoms with van der Waals surface area (Å²) in [6, 6.07) is 7.06. The van der Waals surface area contributed by atoms with Crippen molar-refractivity contribution in [3.8, 4) is 5.75 Å². The quantitative estimate of drug-likeness (QED) is 0.803. The van der Waals surface area contributed by atoms with Gasteiger partial charge in [-0.25, -0.2) is 0 Å². The van der Waals surface area contributed by atoms with Crippen LogP contribution in [0.4, 0.5) is 8.78 Å². The van der Waals surface area contributed by atoms with E-state index in [1.165, 1.54) is 25.7 Å². The molecule has 1 atom stereocenters. The molecule has 2 rings (SSSR count). The van der Waals surface area contributed by atoms with Crippen molar-refractivity contribution >= 4 is 0 Å². The third kappa shape index (κ3) is 4.46. The Labute approximate surface area is 113 Å². The maximum Gasteiger partial charge on any atom is 0.387 e. The monoisotopic (exact) mass is 269 g/mol. The highest BCUT2D eigenvalue weighted by Crippen LogP contribution is 2.29. The summed E-state index contributed by atoms with van der Waals surface area (Å²) in [7, 11) is 0. The normalized spacial score (nSPS) is 17.3. The lowest BCUT2D eigenvalue weighted by Gasteiger charge is -2.26. The van der Waals surface area contributed by atoms with Crippen LogP contribution in [0, 0.1) is 5.92 Å². The molecule has 0 bridgehead atoms. The zero-order valence-corrected chi connectivity index (χ0v) is 11.2. The van der Waals surface area contributed by atoms with Crippen LogP contribution in [0.1, 0.15) is 44.2 Å². The van der Waals surface area contributed by atoms with Gasteiger partial charge in [0, 0.05) is 6.04 Å². The smallest absolute Gasteiger partial charge is 0.387 e. The van der Waals surface area contributed by atoms with Crippen LogP contribution in [0.25, 0.3) is 0 Å². The molecule has 0 saturated heterocycles. The molecule has 1 aliphatic rings. The fraction of sp³-hybridized carbons (Fsp3) is 0.600. The van der Waals surface area contributed by atoms with E-state index in [1.54, 1.807) is 18.2 Å². The average molecular weight is 269 g/mol. The van der Waals surface area contributed by atoms with E-state index >= 15 is 0 Å². The zero-order valence-electron chi connectivity index (χ0n) is 11.2. The summed E-state index contributed by atoms with van der Waals surface area (Å²) < 4.78 is 28.7. The summed E-state index contributed by atoms with van der Waals surface area (Å²) in [5.74, 6) is 1.10. The molecule has 0 radical (unpaired) electrons. The van der Waals surface area contributed by atoms with Crippen molar-refractivity contribution in [2.24, 2.45) is 5.92 Å². The van der Waals surface area contributed by atoms with Gasteiger partial charge in [0.15, 0.2) is 0 Å². The number of hydrogen-bond donors (Lipinski definition) is 1. The van der Waals surface area contributed by atoms with Crippen molar-refractivity contribution in [1.29, 1.82) is 0 Å². The van der Waals surface area contributed by atoms with Gasteiger partial charge >= 0.3 is 6.61 Å². The van der Waals surface area contributed by atoms with E-state index in [0.29, 0.717) is 0 Å². The summed E-state index contributed by atoms with van der Waals surface area (Å²) in [6.45, 7) is 0.255. The summed E-state index contributed by atoms with van der Waals surface area (Å²) >= 11 is 0. The largest absolute Gasteiger partial charge is 0.435 e. The molecule has 1 saturated carbocycles. The van der Waals surface area contributed by atoms with Crippen LogP contribution in [0.15, 0.2) is 24.3 Å². The number of alkyl halides is 2. The molecule has 0 aliphatic heterocycles. The van der Waals surface area contributed by atoms with Gasteiger partial charge in [-0.2, -0.15) is 8.78 Å². The van der Waals surface area contributed by atoms with Gasteiger partial charge in [0.1, 0.15) is 5.75 Å². The van der Waals surface area contributed by atoms with Crippen LogP contribution in [0.3, 0.4) is 0 Å². The first-order chi connectivity index (χ1) is 9.15. The molecule has 1 aromatic carbocycles. The van der Waals surface area contributed by atoms with Gasteiger partial charge in [-0.05, 0) is 43.5 Å². The number of hydrogen-bond acceptors (Lipinski definition) is 2.